The standard InChI is InChI=1S/C13H29N3O2S/c1-5-16(12(2)10-15(3)4)19(17,18)11-13-8-6-7-9-14-13/h12-14H,5-11H2,1-4H3. The van der Waals surface area contributed by atoms with Gasteiger partial charge >= 0.3 is 0 Å². The Hall–Kier alpha value is -0.170. The van der Waals surface area contributed by atoms with Gasteiger partial charge in [0.1, 0.15) is 0 Å². The van der Waals surface area contributed by atoms with Crippen LogP contribution in [0.15, 0.2) is 0 Å². The molecule has 19 heavy (non-hydrogen) atoms. The first kappa shape index (κ1) is 16.9. The number of hydrogen-bond donors (Lipinski definition) is 1. The van der Waals surface area contributed by atoms with E-state index in [2.05, 4.69) is 5.32 Å². The fraction of sp³-hybridized carbons (Fsp3) is 1.00. The second kappa shape index (κ2) is 7.57. The van der Waals surface area contributed by atoms with Crippen LogP contribution in [0.1, 0.15) is 33.1 Å². The van der Waals surface area contributed by atoms with Crippen molar-refractivity contribution in [3.05, 3.63) is 0 Å². The summed E-state index contributed by atoms with van der Waals surface area (Å²) in [6.45, 7) is 6.14. The number of sulfonamides is 1. The van der Waals surface area contributed by atoms with Crippen molar-refractivity contribution in [2.45, 2.75) is 45.2 Å². The van der Waals surface area contributed by atoms with Crippen molar-refractivity contribution in [2.24, 2.45) is 0 Å². The molecule has 1 N–H and O–H groups in total. The number of likely N-dealkylation sites (N-methyl/N-ethyl adjacent to an activating group) is 2. The van der Waals surface area contributed by atoms with Crippen molar-refractivity contribution < 1.29 is 8.42 Å². The molecule has 0 spiro atoms. The minimum atomic E-state index is -3.17. The van der Waals surface area contributed by atoms with E-state index in [0.29, 0.717) is 6.54 Å². The van der Waals surface area contributed by atoms with E-state index < -0.39 is 10.0 Å². The molecule has 0 radical (unpaired) electrons. The van der Waals surface area contributed by atoms with E-state index in [9.17, 15) is 8.42 Å². The first-order chi connectivity index (χ1) is 8.86. The number of rotatable bonds is 7. The summed E-state index contributed by atoms with van der Waals surface area (Å²) in [6.07, 6.45) is 3.26. The molecule has 6 heteroatoms. The second-order valence-corrected chi connectivity index (χ2v) is 7.71. The van der Waals surface area contributed by atoms with Gasteiger partial charge in [-0.25, -0.2) is 8.42 Å². The van der Waals surface area contributed by atoms with Crippen molar-refractivity contribution in [2.75, 3.05) is 39.5 Å². The highest BCUT2D eigenvalue weighted by molar-refractivity contribution is 7.89. The maximum Gasteiger partial charge on any atom is 0.215 e. The normalized spacial score (nSPS) is 22.9. The first-order valence-electron chi connectivity index (χ1n) is 7.24. The molecular weight excluding hydrogens is 262 g/mol. The van der Waals surface area contributed by atoms with Gasteiger partial charge in [0.05, 0.1) is 5.75 Å². The lowest BCUT2D eigenvalue weighted by Gasteiger charge is -2.31. The fourth-order valence-corrected chi connectivity index (χ4v) is 4.81. The average molecular weight is 291 g/mol. The molecular formula is C13H29N3O2S. The number of hydrogen-bond acceptors (Lipinski definition) is 4. The molecule has 5 nitrogen and oxygen atoms in total. The van der Waals surface area contributed by atoms with Gasteiger partial charge in [0.2, 0.25) is 10.0 Å². The minimum Gasteiger partial charge on any atom is -0.313 e. The molecule has 1 aliphatic heterocycles. The zero-order valence-corrected chi connectivity index (χ0v) is 13.5. The number of nitrogens with one attached hydrogen (secondary N) is 1. The van der Waals surface area contributed by atoms with Gasteiger partial charge in [0.15, 0.2) is 0 Å². The second-order valence-electron chi connectivity index (χ2n) is 5.74. The van der Waals surface area contributed by atoms with Crippen LogP contribution >= 0.6 is 0 Å². The molecule has 1 heterocycles. The molecule has 114 valence electrons. The highest BCUT2D eigenvalue weighted by atomic mass is 32.2. The monoisotopic (exact) mass is 291 g/mol. The number of nitrogens with zero attached hydrogens (tertiary/aromatic N) is 2. The van der Waals surface area contributed by atoms with E-state index in [1.54, 1.807) is 4.31 Å². The third kappa shape index (κ3) is 5.38. The molecule has 1 rings (SSSR count). The lowest BCUT2D eigenvalue weighted by Crippen LogP contribution is -2.49. The first-order valence-corrected chi connectivity index (χ1v) is 8.85. The Morgan fingerprint density at radius 3 is 2.47 bits per heavy atom. The Morgan fingerprint density at radius 2 is 2.00 bits per heavy atom. The largest absolute Gasteiger partial charge is 0.313 e. The molecule has 0 aromatic heterocycles. The zero-order valence-electron chi connectivity index (χ0n) is 12.7. The molecule has 1 aliphatic rings. The van der Waals surface area contributed by atoms with Crippen LogP contribution in [0.3, 0.4) is 0 Å². The van der Waals surface area contributed by atoms with Crippen molar-refractivity contribution in [3.8, 4) is 0 Å². The minimum absolute atomic E-state index is 0.0218. The predicted molar refractivity (Wildman–Crippen MR) is 79.8 cm³/mol. The highest BCUT2D eigenvalue weighted by Crippen LogP contribution is 2.14. The maximum atomic E-state index is 12.5. The summed E-state index contributed by atoms with van der Waals surface area (Å²) in [6, 6.07) is 0.146. The van der Waals surface area contributed by atoms with Gasteiger partial charge in [-0.05, 0) is 40.4 Å². The molecule has 0 aliphatic carbocycles. The molecule has 0 aromatic rings. The summed E-state index contributed by atoms with van der Waals surface area (Å²) in [5.74, 6) is 0.235. The molecule has 2 unspecified atom stereocenters. The molecule has 0 bridgehead atoms. The summed E-state index contributed by atoms with van der Waals surface area (Å²) in [5.41, 5.74) is 0. The molecule has 1 fully saturated rings. The van der Waals surface area contributed by atoms with E-state index in [1.165, 1.54) is 0 Å². The van der Waals surface area contributed by atoms with Crippen molar-refractivity contribution >= 4 is 10.0 Å². The van der Waals surface area contributed by atoms with Crippen LogP contribution in [0, 0.1) is 0 Å². The van der Waals surface area contributed by atoms with Gasteiger partial charge in [0.25, 0.3) is 0 Å². The molecule has 0 saturated carbocycles. The van der Waals surface area contributed by atoms with Crippen LogP contribution in [0.2, 0.25) is 0 Å². The van der Waals surface area contributed by atoms with Crippen molar-refractivity contribution in [1.29, 1.82) is 0 Å². The maximum absolute atomic E-state index is 12.5. The zero-order chi connectivity index (χ0) is 14.5. The van der Waals surface area contributed by atoms with E-state index in [4.69, 9.17) is 0 Å². The van der Waals surface area contributed by atoms with Crippen molar-refractivity contribution in [1.82, 2.24) is 14.5 Å². The number of piperidine rings is 1. The highest BCUT2D eigenvalue weighted by Gasteiger charge is 2.29. The molecule has 1 saturated heterocycles. The Balaban J connectivity index is 2.65. The van der Waals surface area contributed by atoms with Crippen LogP contribution in [0.4, 0.5) is 0 Å². The Bertz CT molecular complexity index is 351. The van der Waals surface area contributed by atoms with E-state index >= 15 is 0 Å². The fourth-order valence-electron chi connectivity index (χ4n) is 2.82. The lowest BCUT2D eigenvalue weighted by atomic mass is 10.1. The van der Waals surface area contributed by atoms with Crippen molar-refractivity contribution in [3.63, 3.8) is 0 Å². The van der Waals surface area contributed by atoms with E-state index in [-0.39, 0.29) is 17.8 Å². The summed E-state index contributed by atoms with van der Waals surface area (Å²) in [4.78, 5) is 2.03. The smallest absolute Gasteiger partial charge is 0.215 e. The predicted octanol–water partition coefficient (Wildman–Crippen LogP) is 0.730. The van der Waals surface area contributed by atoms with Crippen LogP contribution in [0.5, 0.6) is 0 Å². The lowest BCUT2D eigenvalue weighted by molar-refractivity contribution is 0.269. The van der Waals surface area contributed by atoms with Crippen LogP contribution < -0.4 is 5.32 Å². The average Bonchev–Trinajstić information content (AvgIpc) is 2.28. The quantitative estimate of drug-likeness (QED) is 0.751. The van der Waals surface area contributed by atoms with Gasteiger partial charge in [-0.2, -0.15) is 4.31 Å². The molecule has 0 aromatic carbocycles. The Kier molecular flexibility index (Phi) is 6.73. The van der Waals surface area contributed by atoms with Crippen LogP contribution in [-0.4, -0.2) is 69.2 Å². The van der Waals surface area contributed by atoms with Crippen LogP contribution in [-0.2, 0) is 10.0 Å². The SMILES string of the molecule is CCN(C(C)CN(C)C)S(=O)(=O)CC1CCCCN1. The summed E-state index contributed by atoms with van der Waals surface area (Å²) in [5, 5.41) is 3.32. The summed E-state index contributed by atoms with van der Waals surface area (Å²) in [7, 11) is 0.771. The van der Waals surface area contributed by atoms with Gasteiger partial charge in [-0.1, -0.05) is 13.3 Å². The molecule has 2 atom stereocenters. The van der Waals surface area contributed by atoms with Gasteiger partial charge in [0, 0.05) is 25.2 Å². The van der Waals surface area contributed by atoms with Gasteiger partial charge in [-0.15, -0.1) is 0 Å². The van der Waals surface area contributed by atoms with E-state index in [1.807, 2.05) is 32.8 Å². The van der Waals surface area contributed by atoms with E-state index in [0.717, 1.165) is 32.4 Å². The van der Waals surface area contributed by atoms with Gasteiger partial charge < -0.3 is 10.2 Å². The Morgan fingerprint density at radius 1 is 1.32 bits per heavy atom. The topological polar surface area (TPSA) is 52.7 Å². The molecule has 0 amide bonds. The third-order valence-electron chi connectivity index (χ3n) is 3.61. The van der Waals surface area contributed by atoms with Crippen LogP contribution in [0.25, 0.3) is 0 Å². The Labute approximate surface area is 118 Å². The third-order valence-corrected chi connectivity index (χ3v) is 5.77. The summed E-state index contributed by atoms with van der Waals surface area (Å²) < 4.78 is 26.7. The summed E-state index contributed by atoms with van der Waals surface area (Å²) >= 11 is 0. The van der Waals surface area contributed by atoms with Gasteiger partial charge in [-0.3, -0.25) is 0 Å².